The predicted octanol–water partition coefficient (Wildman–Crippen LogP) is 0.697. The van der Waals surface area contributed by atoms with Gasteiger partial charge in [0, 0.05) is 13.1 Å². The molecule has 2 rings (SSSR count). The molecule has 0 aliphatic heterocycles. The maximum absolute atomic E-state index is 11.7. The van der Waals surface area contributed by atoms with E-state index >= 15 is 0 Å². The highest BCUT2D eigenvalue weighted by atomic mass is 35.5. The lowest BCUT2D eigenvalue weighted by Gasteiger charge is -2.01. The van der Waals surface area contributed by atoms with Gasteiger partial charge in [0.25, 0.3) is 5.91 Å². The fraction of sp³-hybridized carbons (Fsp3) is 0.308. The molecule has 1 aromatic heterocycles. The summed E-state index contributed by atoms with van der Waals surface area (Å²) in [5.41, 5.74) is 1.46. The van der Waals surface area contributed by atoms with Crippen molar-refractivity contribution in [3.63, 3.8) is 0 Å². The van der Waals surface area contributed by atoms with Crippen LogP contribution in [0.3, 0.4) is 0 Å². The van der Waals surface area contributed by atoms with E-state index in [1.54, 1.807) is 10.9 Å². The van der Waals surface area contributed by atoms with Crippen LogP contribution >= 0.6 is 12.4 Å². The third-order valence-electron chi connectivity index (χ3n) is 2.62. The van der Waals surface area contributed by atoms with Gasteiger partial charge in [-0.25, -0.2) is 4.68 Å². The molecular formula is C13H18ClN5O. The van der Waals surface area contributed by atoms with E-state index in [1.807, 2.05) is 37.4 Å². The minimum atomic E-state index is -0.199. The summed E-state index contributed by atoms with van der Waals surface area (Å²) in [5.74, 6) is -0.199. The minimum absolute atomic E-state index is 0. The Hall–Kier alpha value is -1.92. The monoisotopic (exact) mass is 295 g/mol. The van der Waals surface area contributed by atoms with Crippen LogP contribution in [0, 0.1) is 0 Å². The summed E-state index contributed by atoms with van der Waals surface area (Å²) < 4.78 is 1.66. The highest BCUT2D eigenvalue weighted by Crippen LogP contribution is 2.02. The summed E-state index contributed by atoms with van der Waals surface area (Å²) >= 11 is 0. The van der Waals surface area contributed by atoms with Crippen molar-refractivity contribution in [3.8, 4) is 0 Å². The van der Waals surface area contributed by atoms with Crippen molar-refractivity contribution >= 4 is 18.3 Å². The van der Waals surface area contributed by atoms with Crippen LogP contribution in [0.4, 0.5) is 0 Å². The van der Waals surface area contributed by atoms with E-state index in [1.165, 1.54) is 0 Å². The first kappa shape index (κ1) is 16.1. The van der Waals surface area contributed by atoms with E-state index in [-0.39, 0.29) is 18.3 Å². The van der Waals surface area contributed by atoms with Crippen LogP contribution in [0.2, 0.25) is 0 Å². The number of amides is 1. The predicted molar refractivity (Wildman–Crippen MR) is 79.1 cm³/mol. The topological polar surface area (TPSA) is 71.8 Å². The summed E-state index contributed by atoms with van der Waals surface area (Å²) in [7, 11) is 1.84. The van der Waals surface area contributed by atoms with Gasteiger partial charge in [-0.15, -0.1) is 17.5 Å². The Morgan fingerprint density at radius 2 is 2.00 bits per heavy atom. The third-order valence-corrected chi connectivity index (χ3v) is 2.62. The van der Waals surface area contributed by atoms with Crippen molar-refractivity contribution in [2.24, 2.45) is 0 Å². The molecule has 108 valence electrons. The Morgan fingerprint density at radius 3 is 2.70 bits per heavy atom. The van der Waals surface area contributed by atoms with Crippen molar-refractivity contribution in [3.05, 3.63) is 47.8 Å². The lowest BCUT2D eigenvalue weighted by atomic mass is 10.2. The van der Waals surface area contributed by atoms with Gasteiger partial charge >= 0.3 is 0 Å². The average molecular weight is 296 g/mol. The number of aromatic nitrogens is 3. The molecule has 1 aromatic carbocycles. The number of carbonyl (C=O) groups excluding carboxylic acids is 1. The molecule has 0 spiro atoms. The zero-order valence-corrected chi connectivity index (χ0v) is 12.1. The number of halogens is 1. The molecule has 2 aromatic rings. The Bertz CT molecular complexity index is 529. The molecule has 7 heteroatoms. The van der Waals surface area contributed by atoms with Crippen LogP contribution in [-0.2, 0) is 6.54 Å². The lowest BCUT2D eigenvalue weighted by Crippen LogP contribution is -2.30. The summed E-state index contributed by atoms with van der Waals surface area (Å²) in [6.07, 6.45) is 1.65. The SMILES string of the molecule is CNCCNC(=O)c1cn(Cc2ccccc2)nn1.Cl. The second-order valence-corrected chi connectivity index (χ2v) is 4.15. The normalized spacial score (nSPS) is 9.85. The van der Waals surface area contributed by atoms with E-state index in [4.69, 9.17) is 0 Å². The number of carbonyl (C=O) groups is 1. The van der Waals surface area contributed by atoms with Crippen molar-refractivity contribution in [2.75, 3.05) is 20.1 Å². The minimum Gasteiger partial charge on any atom is -0.349 e. The molecule has 0 unspecified atom stereocenters. The van der Waals surface area contributed by atoms with Crippen LogP contribution in [0.5, 0.6) is 0 Å². The molecule has 0 bridgehead atoms. The van der Waals surface area contributed by atoms with Crippen LogP contribution in [0.15, 0.2) is 36.5 Å². The lowest BCUT2D eigenvalue weighted by molar-refractivity contribution is 0.0949. The molecule has 1 amide bonds. The molecule has 0 aliphatic carbocycles. The Morgan fingerprint density at radius 1 is 1.25 bits per heavy atom. The largest absolute Gasteiger partial charge is 0.349 e. The van der Waals surface area contributed by atoms with Gasteiger partial charge < -0.3 is 10.6 Å². The zero-order chi connectivity index (χ0) is 13.5. The van der Waals surface area contributed by atoms with Gasteiger partial charge in [-0.05, 0) is 12.6 Å². The van der Waals surface area contributed by atoms with Crippen LogP contribution < -0.4 is 10.6 Å². The Kier molecular flexibility index (Phi) is 6.69. The Labute approximate surface area is 124 Å². The first-order valence-corrected chi connectivity index (χ1v) is 6.16. The van der Waals surface area contributed by atoms with Crippen molar-refractivity contribution in [1.82, 2.24) is 25.6 Å². The molecule has 6 nitrogen and oxygen atoms in total. The molecule has 0 atom stereocenters. The van der Waals surface area contributed by atoms with E-state index in [0.717, 1.165) is 12.1 Å². The second-order valence-electron chi connectivity index (χ2n) is 4.15. The molecule has 0 saturated heterocycles. The molecular weight excluding hydrogens is 278 g/mol. The highest BCUT2D eigenvalue weighted by Gasteiger charge is 2.09. The van der Waals surface area contributed by atoms with E-state index in [2.05, 4.69) is 20.9 Å². The smallest absolute Gasteiger partial charge is 0.273 e. The molecule has 0 radical (unpaired) electrons. The maximum atomic E-state index is 11.7. The van der Waals surface area contributed by atoms with E-state index < -0.39 is 0 Å². The second kappa shape index (κ2) is 8.29. The van der Waals surface area contributed by atoms with Crippen LogP contribution in [-0.4, -0.2) is 41.0 Å². The number of nitrogens with one attached hydrogen (secondary N) is 2. The van der Waals surface area contributed by atoms with Crippen molar-refractivity contribution < 1.29 is 4.79 Å². The van der Waals surface area contributed by atoms with Gasteiger partial charge in [0.1, 0.15) is 0 Å². The number of likely N-dealkylation sites (N-methyl/N-ethyl adjacent to an activating group) is 1. The molecule has 0 fully saturated rings. The van der Waals surface area contributed by atoms with Crippen LogP contribution in [0.25, 0.3) is 0 Å². The van der Waals surface area contributed by atoms with Gasteiger partial charge in [0.05, 0.1) is 12.7 Å². The van der Waals surface area contributed by atoms with E-state index in [9.17, 15) is 4.79 Å². The summed E-state index contributed by atoms with van der Waals surface area (Å²) in [6.45, 7) is 1.91. The molecule has 2 N–H and O–H groups in total. The first-order valence-electron chi connectivity index (χ1n) is 6.16. The van der Waals surface area contributed by atoms with Gasteiger partial charge in [0.15, 0.2) is 5.69 Å². The first-order chi connectivity index (χ1) is 9.29. The number of nitrogens with zero attached hydrogens (tertiary/aromatic N) is 3. The number of benzene rings is 1. The molecule has 1 heterocycles. The molecule has 0 saturated carbocycles. The summed E-state index contributed by atoms with van der Waals surface area (Å²) in [6, 6.07) is 9.92. The number of hydrogen-bond acceptors (Lipinski definition) is 4. The third kappa shape index (κ3) is 4.64. The Balaban J connectivity index is 0.00000200. The summed E-state index contributed by atoms with van der Waals surface area (Å²) in [4.78, 5) is 11.7. The number of rotatable bonds is 6. The fourth-order valence-electron chi connectivity index (χ4n) is 1.64. The molecule has 20 heavy (non-hydrogen) atoms. The molecule has 0 aliphatic rings. The zero-order valence-electron chi connectivity index (χ0n) is 11.2. The van der Waals surface area contributed by atoms with Crippen LogP contribution in [0.1, 0.15) is 16.1 Å². The maximum Gasteiger partial charge on any atom is 0.273 e. The fourth-order valence-corrected chi connectivity index (χ4v) is 1.64. The number of hydrogen-bond donors (Lipinski definition) is 2. The average Bonchev–Trinajstić information content (AvgIpc) is 2.89. The highest BCUT2D eigenvalue weighted by molar-refractivity contribution is 5.91. The van der Waals surface area contributed by atoms with Gasteiger partial charge in [-0.1, -0.05) is 35.5 Å². The van der Waals surface area contributed by atoms with Gasteiger partial charge in [0.2, 0.25) is 0 Å². The quantitative estimate of drug-likeness (QED) is 0.770. The van der Waals surface area contributed by atoms with Gasteiger partial charge in [-0.2, -0.15) is 0 Å². The van der Waals surface area contributed by atoms with E-state index in [0.29, 0.717) is 18.8 Å². The van der Waals surface area contributed by atoms with Gasteiger partial charge in [-0.3, -0.25) is 4.79 Å². The van der Waals surface area contributed by atoms with Crippen molar-refractivity contribution in [2.45, 2.75) is 6.54 Å². The summed E-state index contributed by atoms with van der Waals surface area (Å²) in [5, 5.41) is 13.5. The van der Waals surface area contributed by atoms with Crippen molar-refractivity contribution in [1.29, 1.82) is 0 Å². The standard InChI is InChI=1S/C13H17N5O.ClH/c1-14-7-8-15-13(19)12-10-18(17-16-12)9-11-5-3-2-4-6-11;/h2-6,10,14H,7-9H2,1H3,(H,15,19);1H.